The van der Waals surface area contributed by atoms with Crippen molar-refractivity contribution in [2.24, 2.45) is 0 Å². The fourth-order valence-electron chi connectivity index (χ4n) is 4.74. The van der Waals surface area contributed by atoms with Gasteiger partial charge >= 0.3 is 6.09 Å². The third-order valence-electron chi connectivity index (χ3n) is 7.09. The van der Waals surface area contributed by atoms with Crippen LogP contribution in [-0.2, 0) is 16.0 Å². The van der Waals surface area contributed by atoms with Crippen molar-refractivity contribution in [3.63, 3.8) is 0 Å². The number of hydrogen-bond acceptors (Lipinski definition) is 4. The van der Waals surface area contributed by atoms with E-state index in [4.69, 9.17) is 4.74 Å². The van der Waals surface area contributed by atoms with Crippen LogP contribution in [0.4, 0.5) is 16.2 Å². The fourth-order valence-corrected chi connectivity index (χ4v) is 4.74. The fraction of sp³-hybridized carbons (Fsp3) is 0.323. The van der Waals surface area contributed by atoms with Crippen LogP contribution in [0.25, 0.3) is 11.1 Å². The smallest absolute Gasteiger partial charge is 0.411 e. The zero-order valence-corrected chi connectivity index (χ0v) is 24.9. The highest BCUT2D eigenvalue weighted by Gasteiger charge is 2.28. The summed E-state index contributed by atoms with van der Waals surface area (Å²) in [6.07, 6.45) is 2.72. The minimum Gasteiger partial charge on any atom is -1.00 e. The maximum atomic E-state index is 12.9. The predicted molar refractivity (Wildman–Crippen MR) is 150 cm³/mol. The van der Waals surface area contributed by atoms with Gasteiger partial charge in [-0.2, -0.15) is 0 Å². The molecule has 0 unspecified atom stereocenters. The Labute approximate surface area is 247 Å². The number of aryl methyl sites for hydroxylation is 2. The van der Waals surface area contributed by atoms with Crippen molar-refractivity contribution >= 4 is 29.7 Å². The third-order valence-corrected chi connectivity index (χ3v) is 7.09. The summed E-state index contributed by atoms with van der Waals surface area (Å²) in [7, 11) is 4.39. The van der Waals surface area contributed by atoms with E-state index in [2.05, 4.69) is 24.7 Å². The normalized spacial score (nSPS) is 14.5. The van der Waals surface area contributed by atoms with E-state index in [0.717, 1.165) is 59.0 Å². The number of nitrogens with one attached hydrogen (secondary N) is 2. The number of rotatable bonds is 8. The second-order valence-electron chi connectivity index (χ2n) is 10.6. The molecule has 7 nitrogen and oxygen atoms in total. The molecular weight excluding hydrogens is 605 g/mol. The van der Waals surface area contributed by atoms with Gasteiger partial charge in [-0.3, -0.25) is 14.9 Å². The van der Waals surface area contributed by atoms with Gasteiger partial charge in [0.2, 0.25) is 5.91 Å². The van der Waals surface area contributed by atoms with Gasteiger partial charge < -0.3 is 38.5 Å². The number of ether oxygens (including phenoxy) is 1. The molecule has 8 heteroatoms. The van der Waals surface area contributed by atoms with E-state index < -0.39 is 6.09 Å². The SMILES string of the molecule is Cc1cc(C=O)ccc1NC(=O)CCc1ccc(-c2ccccc2)c(NC(=O)OC2CC[N+](C)(C)CC2)c1.[I-]. The molecule has 1 aliphatic heterocycles. The van der Waals surface area contributed by atoms with Crippen LogP contribution in [0.2, 0.25) is 0 Å². The topological polar surface area (TPSA) is 84.5 Å². The van der Waals surface area contributed by atoms with Crippen molar-refractivity contribution in [2.75, 3.05) is 37.8 Å². The summed E-state index contributed by atoms with van der Waals surface area (Å²) in [4.78, 5) is 36.5. The average Bonchev–Trinajstić information content (AvgIpc) is 2.90. The van der Waals surface area contributed by atoms with Crippen LogP contribution in [-0.4, -0.2) is 56.1 Å². The van der Waals surface area contributed by atoms with Gasteiger partial charge in [0.05, 0.1) is 32.9 Å². The van der Waals surface area contributed by atoms with Gasteiger partial charge in [0, 0.05) is 36.1 Å². The number of anilines is 2. The summed E-state index contributed by atoms with van der Waals surface area (Å²) >= 11 is 0. The maximum Gasteiger partial charge on any atom is 0.411 e. The van der Waals surface area contributed by atoms with Crippen molar-refractivity contribution in [3.05, 3.63) is 83.4 Å². The van der Waals surface area contributed by atoms with Crippen molar-refractivity contribution in [2.45, 2.75) is 38.7 Å². The Bertz CT molecular complexity index is 1300. The second-order valence-corrected chi connectivity index (χ2v) is 10.6. The van der Waals surface area contributed by atoms with Crippen LogP contribution < -0.4 is 34.6 Å². The molecule has 0 aromatic heterocycles. The minimum atomic E-state index is -0.455. The van der Waals surface area contributed by atoms with Gasteiger partial charge in [0.1, 0.15) is 12.4 Å². The van der Waals surface area contributed by atoms with Gasteiger partial charge in [0.25, 0.3) is 0 Å². The van der Waals surface area contributed by atoms with Crippen molar-refractivity contribution in [3.8, 4) is 11.1 Å². The quantitative estimate of drug-likeness (QED) is 0.225. The number of carbonyl (C=O) groups excluding carboxylic acids is 3. The summed E-state index contributed by atoms with van der Waals surface area (Å²) < 4.78 is 6.71. The van der Waals surface area contributed by atoms with Gasteiger partial charge in [-0.15, -0.1) is 0 Å². The Kier molecular flexibility index (Phi) is 10.7. The summed E-state index contributed by atoms with van der Waals surface area (Å²) in [6, 6.07) is 20.9. The molecule has 1 fully saturated rings. The molecule has 3 aromatic rings. The Balaban J connectivity index is 0.00000420. The Morgan fingerprint density at radius 1 is 0.949 bits per heavy atom. The molecule has 0 radical (unpaired) electrons. The summed E-state index contributed by atoms with van der Waals surface area (Å²) in [5, 5.41) is 5.89. The number of likely N-dealkylation sites (tertiary alicyclic amines) is 1. The largest absolute Gasteiger partial charge is 1.00 e. The lowest BCUT2D eigenvalue weighted by atomic mass is 9.99. The number of benzene rings is 3. The van der Waals surface area contributed by atoms with Crippen molar-refractivity contribution < 1.29 is 47.6 Å². The first-order valence-corrected chi connectivity index (χ1v) is 13.1. The monoisotopic (exact) mass is 641 g/mol. The van der Waals surface area contributed by atoms with E-state index >= 15 is 0 Å². The first-order valence-electron chi connectivity index (χ1n) is 13.1. The highest BCUT2D eigenvalue weighted by Crippen LogP contribution is 2.30. The van der Waals surface area contributed by atoms with Gasteiger partial charge in [-0.25, -0.2) is 4.79 Å². The third kappa shape index (κ3) is 8.63. The molecule has 0 atom stereocenters. The number of carbonyl (C=O) groups is 3. The number of aldehydes is 1. The van der Waals surface area contributed by atoms with E-state index in [0.29, 0.717) is 23.4 Å². The van der Waals surface area contributed by atoms with E-state index in [1.807, 2.05) is 55.5 Å². The van der Waals surface area contributed by atoms with Crippen LogP contribution in [0, 0.1) is 6.92 Å². The zero-order valence-electron chi connectivity index (χ0n) is 22.7. The summed E-state index contributed by atoms with van der Waals surface area (Å²) in [6.45, 7) is 3.81. The number of amides is 2. The molecule has 0 bridgehead atoms. The molecule has 2 amide bonds. The van der Waals surface area contributed by atoms with Crippen LogP contribution in [0.15, 0.2) is 66.7 Å². The molecule has 2 N–H and O–H groups in total. The Hall–Kier alpha value is -3.24. The van der Waals surface area contributed by atoms with Crippen molar-refractivity contribution in [1.82, 2.24) is 0 Å². The summed E-state index contributed by atoms with van der Waals surface area (Å²) in [5.41, 5.74) is 5.56. The molecule has 3 aromatic carbocycles. The first-order chi connectivity index (χ1) is 18.2. The Morgan fingerprint density at radius 3 is 2.33 bits per heavy atom. The van der Waals surface area contributed by atoms with E-state index in [-0.39, 0.29) is 42.4 Å². The number of nitrogens with zero attached hydrogens (tertiary/aromatic N) is 1. The number of halogens is 1. The molecule has 1 saturated heterocycles. The molecular formula is C31H36IN3O4. The van der Waals surface area contributed by atoms with Crippen LogP contribution in [0.1, 0.15) is 40.7 Å². The molecule has 1 aliphatic rings. The molecule has 0 spiro atoms. The molecule has 4 rings (SSSR count). The predicted octanol–water partition coefficient (Wildman–Crippen LogP) is 2.84. The summed E-state index contributed by atoms with van der Waals surface area (Å²) in [5.74, 6) is -0.119. The van der Waals surface area contributed by atoms with Crippen molar-refractivity contribution in [1.29, 1.82) is 0 Å². The van der Waals surface area contributed by atoms with E-state index in [9.17, 15) is 14.4 Å². The lowest BCUT2D eigenvalue weighted by Crippen LogP contribution is -3.00. The van der Waals surface area contributed by atoms with Gasteiger partial charge in [0.15, 0.2) is 0 Å². The molecule has 1 heterocycles. The molecule has 39 heavy (non-hydrogen) atoms. The number of hydrogen-bond donors (Lipinski definition) is 2. The number of quaternary nitrogens is 1. The van der Waals surface area contributed by atoms with Crippen LogP contribution in [0.5, 0.6) is 0 Å². The lowest BCUT2D eigenvalue weighted by molar-refractivity contribution is -0.896. The highest BCUT2D eigenvalue weighted by molar-refractivity contribution is 5.93. The highest BCUT2D eigenvalue weighted by atomic mass is 127. The van der Waals surface area contributed by atoms with Gasteiger partial charge in [-0.1, -0.05) is 42.5 Å². The first kappa shape index (κ1) is 30.3. The van der Waals surface area contributed by atoms with E-state index in [1.54, 1.807) is 18.2 Å². The average molecular weight is 642 g/mol. The number of piperidine rings is 1. The van der Waals surface area contributed by atoms with Crippen LogP contribution >= 0.6 is 0 Å². The minimum absolute atomic E-state index is 0. The lowest BCUT2D eigenvalue weighted by Gasteiger charge is -2.36. The maximum absolute atomic E-state index is 12.9. The second kappa shape index (κ2) is 13.7. The Morgan fingerprint density at radius 2 is 1.67 bits per heavy atom. The van der Waals surface area contributed by atoms with E-state index in [1.165, 1.54) is 0 Å². The molecule has 0 aliphatic carbocycles. The van der Waals surface area contributed by atoms with Crippen LogP contribution in [0.3, 0.4) is 0 Å². The standard InChI is InChI=1S/C31H35N3O4.HI/c1-22-19-24(21-35)10-13-28(22)32-30(36)14-11-23-9-12-27(25-7-5-4-6-8-25)29(20-23)33-31(37)38-26-15-17-34(2,3)18-16-26;/h4-10,12-13,19-21,26H,11,14-18H2,1-3H3,(H-,32,33,35,36,37);1H. The van der Waals surface area contributed by atoms with Gasteiger partial charge in [-0.05, 0) is 54.3 Å². The zero-order chi connectivity index (χ0) is 27.1. The molecule has 206 valence electrons. The molecule has 0 saturated carbocycles.